The molecule has 5 nitrogen and oxygen atoms in total. The molecule has 2 aromatic rings. The number of hydrogen-bond acceptors (Lipinski definition) is 4. The van der Waals surface area contributed by atoms with Crippen LogP contribution in [0.4, 0.5) is 0 Å². The van der Waals surface area contributed by atoms with Crippen molar-refractivity contribution in [3.05, 3.63) is 38.7 Å². The summed E-state index contributed by atoms with van der Waals surface area (Å²) in [5.74, 6) is 0.198. The van der Waals surface area contributed by atoms with Crippen LogP contribution >= 0.6 is 15.9 Å². The number of amides is 1. The lowest BCUT2D eigenvalue weighted by Gasteiger charge is -2.33. The maximum Gasteiger partial charge on any atom is 0.349 e. The van der Waals surface area contributed by atoms with Gasteiger partial charge in [0.25, 0.3) is 5.91 Å². The first kappa shape index (κ1) is 16.1. The number of methoxy groups -OCH3 is 1. The summed E-state index contributed by atoms with van der Waals surface area (Å²) in [7, 11) is 1.51. The Hall–Kier alpha value is -1.82. The van der Waals surface area contributed by atoms with Crippen molar-refractivity contribution in [2.75, 3.05) is 13.7 Å². The maximum absolute atomic E-state index is 12.7. The van der Waals surface area contributed by atoms with Crippen LogP contribution in [-0.2, 0) is 0 Å². The molecule has 0 spiro atoms. The average molecular weight is 380 g/mol. The summed E-state index contributed by atoms with van der Waals surface area (Å²) in [6, 6.07) is 5.26. The number of likely N-dealkylation sites (tertiary alicyclic amines) is 1. The molecule has 0 bridgehead atoms. The van der Waals surface area contributed by atoms with Crippen molar-refractivity contribution >= 4 is 32.8 Å². The first-order chi connectivity index (χ1) is 11.0. The van der Waals surface area contributed by atoms with Crippen molar-refractivity contribution in [3.8, 4) is 5.75 Å². The van der Waals surface area contributed by atoms with Gasteiger partial charge in [-0.05, 0) is 44.4 Å². The highest BCUT2D eigenvalue weighted by Crippen LogP contribution is 2.30. The molecule has 1 aromatic heterocycles. The van der Waals surface area contributed by atoms with Gasteiger partial charge in [0, 0.05) is 22.4 Å². The Morgan fingerprint density at radius 3 is 2.83 bits per heavy atom. The number of carbonyl (C=O) groups is 1. The van der Waals surface area contributed by atoms with Crippen LogP contribution < -0.4 is 10.4 Å². The van der Waals surface area contributed by atoms with Crippen molar-refractivity contribution in [3.63, 3.8) is 0 Å². The van der Waals surface area contributed by atoms with Crippen LogP contribution in [0.1, 0.15) is 36.5 Å². The fourth-order valence-corrected chi connectivity index (χ4v) is 3.48. The second kappa shape index (κ2) is 6.35. The molecule has 1 atom stereocenters. The van der Waals surface area contributed by atoms with E-state index in [-0.39, 0.29) is 17.5 Å². The van der Waals surface area contributed by atoms with Crippen LogP contribution in [-0.4, -0.2) is 30.5 Å². The molecular weight excluding hydrogens is 362 g/mol. The van der Waals surface area contributed by atoms with Gasteiger partial charge < -0.3 is 14.1 Å². The van der Waals surface area contributed by atoms with Crippen molar-refractivity contribution < 1.29 is 13.9 Å². The smallest absolute Gasteiger partial charge is 0.349 e. The molecule has 0 saturated carbocycles. The van der Waals surface area contributed by atoms with Gasteiger partial charge in [0.2, 0.25) is 0 Å². The normalized spacial score (nSPS) is 18.2. The standard InChI is InChI=1S/C17H18BrNO4/c1-10-5-3-4-6-19(10)16(20)13-8-11-7-12(18)9-14(22-2)15(11)23-17(13)21/h7-10H,3-6H2,1-2H3/t10-/m0/s1. The molecule has 6 heteroatoms. The molecule has 0 N–H and O–H groups in total. The molecule has 1 aliphatic heterocycles. The number of ether oxygens (including phenoxy) is 1. The van der Waals surface area contributed by atoms with Gasteiger partial charge in [-0.25, -0.2) is 4.79 Å². The van der Waals surface area contributed by atoms with Crippen LogP contribution in [0.2, 0.25) is 0 Å². The van der Waals surface area contributed by atoms with Crippen LogP contribution in [0, 0.1) is 0 Å². The highest BCUT2D eigenvalue weighted by atomic mass is 79.9. The van der Waals surface area contributed by atoms with Gasteiger partial charge >= 0.3 is 5.63 Å². The molecule has 1 amide bonds. The number of fused-ring (bicyclic) bond motifs is 1. The summed E-state index contributed by atoms with van der Waals surface area (Å²) in [5, 5.41) is 0.656. The maximum atomic E-state index is 12.7. The Morgan fingerprint density at radius 1 is 1.35 bits per heavy atom. The molecule has 2 heterocycles. The summed E-state index contributed by atoms with van der Waals surface area (Å²) in [6.07, 6.45) is 3.04. The SMILES string of the molecule is COc1cc(Br)cc2cc(C(=O)N3CCCC[C@@H]3C)c(=O)oc12. The van der Waals surface area contributed by atoms with E-state index in [1.807, 2.05) is 6.92 Å². The molecule has 1 aromatic carbocycles. The van der Waals surface area contributed by atoms with Crippen molar-refractivity contribution in [2.45, 2.75) is 32.2 Å². The number of piperidine rings is 1. The highest BCUT2D eigenvalue weighted by Gasteiger charge is 2.27. The lowest BCUT2D eigenvalue weighted by atomic mass is 10.0. The quantitative estimate of drug-likeness (QED) is 0.748. The van der Waals surface area contributed by atoms with Crippen molar-refractivity contribution in [1.29, 1.82) is 0 Å². The minimum absolute atomic E-state index is 0.0754. The molecule has 0 radical (unpaired) electrons. The Balaban J connectivity index is 2.09. The fourth-order valence-electron chi connectivity index (χ4n) is 3.02. The lowest BCUT2D eigenvalue weighted by Crippen LogP contribution is -2.43. The van der Waals surface area contributed by atoms with E-state index in [1.165, 1.54) is 7.11 Å². The van der Waals surface area contributed by atoms with Gasteiger partial charge in [-0.2, -0.15) is 0 Å². The van der Waals surface area contributed by atoms with Crippen LogP contribution in [0.3, 0.4) is 0 Å². The summed E-state index contributed by atoms with van der Waals surface area (Å²) >= 11 is 3.40. The summed E-state index contributed by atoms with van der Waals surface area (Å²) < 4.78 is 11.4. The van der Waals surface area contributed by atoms with E-state index in [9.17, 15) is 9.59 Å². The van der Waals surface area contributed by atoms with E-state index >= 15 is 0 Å². The zero-order chi connectivity index (χ0) is 16.6. The summed E-state index contributed by atoms with van der Waals surface area (Å²) in [5.41, 5.74) is -0.198. The van der Waals surface area contributed by atoms with Gasteiger partial charge in [-0.15, -0.1) is 0 Å². The fraction of sp³-hybridized carbons (Fsp3) is 0.412. The molecule has 1 saturated heterocycles. The molecule has 1 aliphatic rings. The first-order valence-electron chi connectivity index (χ1n) is 7.63. The molecule has 23 heavy (non-hydrogen) atoms. The highest BCUT2D eigenvalue weighted by molar-refractivity contribution is 9.10. The van der Waals surface area contributed by atoms with Gasteiger partial charge in [0.1, 0.15) is 5.56 Å². The topological polar surface area (TPSA) is 59.8 Å². The number of carbonyl (C=O) groups excluding carboxylic acids is 1. The zero-order valence-corrected chi connectivity index (χ0v) is 14.7. The second-order valence-corrected chi connectivity index (χ2v) is 6.73. The minimum Gasteiger partial charge on any atom is -0.493 e. The summed E-state index contributed by atoms with van der Waals surface area (Å²) in [4.78, 5) is 26.8. The predicted molar refractivity (Wildman–Crippen MR) is 91.1 cm³/mol. The third-order valence-corrected chi connectivity index (χ3v) is 4.73. The number of nitrogens with zero attached hydrogens (tertiary/aromatic N) is 1. The van der Waals surface area contributed by atoms with Crippen molar-refractivity contribution in [2.24, 2.45) is 0 Å². The Labute approximate surface area is 142 Å². The van der Waals surface area contributed by atoms with E-state index in [2.05, 4.69) is 15.9 Å². The number of rotatable bonds is 2. The second-order valence-electron chi connectivity index (χ2n) is 5.82. The molecule has 0 aliphatic carbocycles. The van der Waals surface area contributed by atoms with Crippen LogP contribution in [0.5, 0.6) is 5.75 Å². The van der Waals surface area contributed by atoms with Gasteiger partial charge in [-0.3, -0.25) is 4.79 Å². The van der Waals surface area contributed by atoms with Crippen LogP contribution in [0.25, 0.3) is 11.0 Å². The Kier molecular flexibility index (Phi) is 4.43. The van der Waals surface area contributed by atoms with Gasteiger partial charge in [0.05, 0.1) is 7.11 Å². The molecule has 0 unspecified atom stereocenters. The Bertz CT molecular complexity index is 814. The predicted octanol–water partition coefficient (Wildman–Crippen LogP) is 3.58. The third kappa shape index (κ3) is 3.00. The zero-order valence-electron chi connectivity index (χ0n) is 13.1. The minimum atomic E-state index is -0.624. The van der Waals surface area contributed by atoms with E-state index in [0.717, 1.165) is 23.7 Å². The number of hydrogen-bond donors (Lipinski definition) is 0. The molecule has 3 rings (SSSR count). The van der Waals surface area contributed by atoms with Crippen LogP contribution in [0.15, 0.2) is 31.9 Å². The first-order valence-corrected chi connectivity index (χ1v) is 8.43. The lowest BCUT2D eigenvalue weighted by molar-refractivity contribution is 0.0631. The number of halogens is 1. The molecule has 1 fully saturated rings. The number of benzene rings is 1. The molecule has 122 valence electrons. The van der Waals surface area contributed by atoms with Gasteiger partial charge in [0.15, 0.2) is 11.3 Å². The van der Waals surface area contributed by atoms with E-state index in [0.29, 0.717) is 23.3 Å². The average Bonchev–Trinajstić information content (AvgIpc) is 2.54. The molecular formula is C17H18BrNO4. The van der Waals surface area contributed by atoms with Crippen molar-refractivity contribution in [1.82, 2.24) is 4.90 Å². The van der Waals surface area contributed by atoms with E-state index in [4.69, 9.17) is 9.15 Å². The van der Waals surface area contributed by atoms with E-state index in [1.54, 1.807) is 23.1 Å². The monoisotopic (exact) mass is 379 g/mol. The largest absolute Gasteiger partial charge is 0.493 e. The Morgan fingerprint density at radius 2 is 2.13 bits per heavy atom. The summed E-state index contributed by atoms with van der Waals surface area (Å²) in [6.45, 7) is 2.69. The van der Waals surface area contributed by atoms with E-state index < -0.39 is 5.63 Å². The third-order valence-electron chi connectivity index (χ3n) is 4.28. The van der Waals surface area contributed by atoms with Gasteiger partial charge in [-0.1, -0.05) is 15.9 Å².